The van der Waals surface area contributed by atoms with Crippen molar-refractivity contribution in [2.24, 2.45) is 0 Å². The normalized spacial score (nSPS) is 13.4. The monoisotopic (exact) mass is 294 g/mol. The van der Waals surface area contributed by atoms with E-state index in [-0.39, 0.29) is 30.8 Å². The van der Waals surface area contributed by atoms with Gasteiger partial charge in [-0.2, -0.15) is 0 Å². The maximum atomic E-state index is 12.1. The Labute approximate surface area is 120 Å². The van der Waals surface area contributed by atoms with Crippen molar-refractivity contribution in [1.82, 2.24) is 9.88 Å². The quantitative estimate of drug-likeness (QED) is 0.800. The number of hydrogen-bond acceptors (Lipinski definition) is 4. The lowest BCUT2D eigenvalue weighted by Crippen LogP contribution is -2.29. The van der Waals surface area contributed by atoms with Crippen LogP contribution in [0.15, 0.2) is 29.6 Å². The number of fused-ring (bicyclic) bond motifs is 1. The summed E-state index contributed by atoms with van der Waals surface area (Å²) in [5, 5.41) is 2.69. The van der Waals surface area contributed by atoms with Gasteiger partial charge in [0, 0.05) is 11.1 Å². The third-order valence-corrected chi connectivity index (χ3v) is 3.79. The second-order valence-electron chi connectivity index (χ2n) is 4.12. The van der Waals surface area contributed by atoms with E-state index in [0.29, 0.717) is 11.1 Å². The highest BCUT2D eigenvalue weighted by atomic mass is 35.5. The van der Waals surface area contributed by atoms with Crippen molar-refractivity contribution >= 4 is 35.6 Å². The number of imide groups is 1. The average Bonchev–Trinajstić information content (AvgIpc) is 2.88. The summed E-state index contributed by atoms with van der Waals surface area (Å²) in [6.07, 6.45) is 0. The fourth-order valence-corrected chi connectivity index (χ4v) is 2.75. The Kier molecular flexibility index (Phi) is 3.68. The number of nitrogens with zero attached hydrogens (tertiary/aromatic N) is 2. The van der Waals surface area contributed by atoms with Gasteiger partial charge in [0.15, 0.2) is 0 Å². The van der Waals surface area contributed by atoms with Crippen molar-refractivity contribution in [2.45, 2.75) is 13.5 Å². The van der Waals surface area contributed by atoms with Crippen molar-refractivity contribution in [3.05, 3.63) is 51.5 Å². The van der Waals surface area contributed by atoms with Crippen LogP contribution in [0.5, 0.6) is 0 Å². The molecule has 0 fully saturated rings. The summed E-state index contributed by atoms with van der Waals surface area (Å²) in [5.74, 6) is -0.466. The first-order valence-corrected chi connectivity index (χ1v) is 6.41. The molecule has 3 rings (SSSR count). The van der Waals surface area contributed by atoms with Crippen LogP contribution in [-0.2, 0) is 6.54 Å². The molecular formula is C13H11ClN2O2S. The van der Waals surface area contributed by atoms with Crippen LogP contribution in [-0.4, -0.2) is 21.7 Å². The molecule has 0 radical (unpaired) electrons. The van der Waals surface area contributed by atoms with Gasteiger partial charge < -0.3 is 0 Å². The summed E-state index contributed by atoms with van der Waals surface area (Å²) in [4.78, 5) is 29.7. The standard InChI is InChI=1S/C13H10N2O2S.ClH/c1-8-7-18-11(14-8)6-15-12(16)9-4-2-3-5-10(9)13(15)17;/h2-5,7H,6H2,1H3;1H. The minimum Gasteiger partial charge on any atom is -0.269 e. The van der Waals surface area contributed by atoms with E-state index in [2.05, 4.69) is 4.98 Å². The highest BCUT2D eigenvalue weighted by Gasteiger charge is 2.35. The van der Waals surface area contributed by atoms with Crippen LogP contribution in [0.1, 0.15) is 31.4 Å². The zero-order valence-corrected chi connectivity index (χ0v) is 11.8. The number of aryl methyl sites for hydroxylation is 1. The maximum Gasteiger partial charge on any atom is 0.261 e. The zero-order valence-electron chi connectivity index (χ0n) is 10.1. The predicted octanol–water partition coefficient (Wildman–Crippen LogP) is 2.67. The molecule has 19 heavy (non-hydrogen) atoms. The van der Waals surface area contributed by atoms with Gasteiger partial charge in [0.1, 0.15) is 5.01 Å². The highest BCUT2D eigenvalue weighted by molar-refractivity contribution is 7.09. The number of benzene rings is 1. The van der Waals surface area contributed by atoms with Gasteiger partial charge in [0.05, 0.1) is 17.7 Å². The van der Waals surface area contributed by atoms with Crippen LogP contribution in [0.25, 0.3) is 0 Å². The molecule has 98 valence electrons. The van der Waals surface area contributed by atoms with E-state index in [1.807, 2.05) is 12.3 Å². The van der Waals surface area contributed by atoms with Crippen LogP contribution in [0, 0.1) is 6.92 Å². The number of carbonyl (C=O) groups is 2. The number of amides is 2. The van der Waals surface area contributed by atoms with Crippen molar-refractivity contribution in [2.75, 3.05) is 0 Å². The fraction of sp³-hybridized carbons (Fsp3) is 0.154. The summed E-state index contributed by atoms with van der Waals surface area (Å²) < 4.78 is 0. The summed E-state index contributed by atoms with van der Waals surface area (Å²) >= 11 is 1.46. The summed E-state index contributed by atoms with van der Waals surface area (Å²) in [6, 6.07) is 6.90. The highest BCUT2D eigenvalue weighted by Crippen LogP contribution is 2.24. The van der Waals surface area contributed by atoms with Gasteiger partial charge in [0.2, 0.25) is 0 Å². The third kappa shape index (κ3) is 2.27. The fourth-order valence-electron chi connectivity index (χ4n) is 1.99. The van der Waals surface area contributed by atoms with E-state index < -0.39 is 0 Å². The first kappa shape index (κ1) is 13.7. The Bertz CT molecular complexity index is 619. The largest absolute Gasteiger partial charge is 0.269 e. The molecule has 2 heterocycles. The molecule has 1 aromatic carbocycles. The lowest BCUT2D eigenvalue weighted by atomic mass is 10.1. The number of hydrogen-bond donors (Lipinski definition) is 0. The smallest absolute Gasteiger partial charge is 0.261 e. The SMILES string of the molecule is Cc1csc(CN2C(=O)c3ccccc3C2=O)n1.Cl. The first-order valence-electron chi connectivity index (χ1n) is 5.53. The van der Waals surface area contributed by atoms with E-state index in [0.717, 1.165) is 10.7 Å². The molecule has 0 aliphatic carbocycles. The second kappa shape index (κ2) is 5.11. The van der Waals surface area contributed by atoms with Crippen LogP contribution >= 0.6 is 23.7 Å². The van der Waals surface area contributed by atoms with Gasteiger partial charge in [-0.05, 0) is 19.1 Å². The lowest BCUT2D eigenvalue weighted by Gasteiger charge is -2.11. The molecule has 1 aliphatic rings. The number of halogens is 1. The van der Waals surface area contributed by atoms with Crippen LogP contribution < -0.4 is 0 Å². The van der Waals surface area contributed by atoms with Gasteiger partial charge >= 0.3 is 0 Å². The van der Waals surface area contributed by atoms with E-state index in [1.54, 1.807) is 24.3 Å². The predicted molar refractivity (Wildman–Crippen MR) is 74.7 cm³/mol. The molecule has 0 N–H and O–H groups in total. The molecule has 0 spiro atoms. The topological polar surface area (TPSA) is 50.3 Å². The van der Waals surface area contributed by atoms with E-state index in [1.165, 1.54) is 16.2 Å². The van der Waals surface area contributed by atoms with Gasteiger partial charge in [-0.15, -0.1) is 23.7 Å². The molecule has 4 nitrogen and oxygen atoms in total. The van der Waals surface area contributed by atoms with Crippen LogP contribution in [0.3, 0.4) is 0 Å². The summed E-state index contributed by atoms with van der Waals surface area (Å²) in [5.41, 5.74) is 1.87. The minimum absolute atomic E-state index is 0. The lowest BCUT2D eigenvalue weighted by molar-refractivity contribution is 0.0642. The van der Waals surface area contributed by atoms with E-state index >= 15 is 0 Å². The molecule has 2 aromatic rings. The second-order valence-corrected chi connectivity index (χ2v) is 5.07. The molecule has 0 saturated heterocycles. The number of thiazole rings is 1. The Balaban J connectivity index is 0.00000133. The first-order chi connectivity index (χ1) is 8.66. The van der Waals surface area contributed by atoms with Gasteiger partial charge in [-0.25, -0.2) is 4.98 Å². The number of rotatable bonds is 2. The maximum absolute atomic E-state index is 12.1. The van der Waals surface area contributed by atoms with Crippen molar-refractivity contribution in [3.63, 3.8) is 0 Å². The van der Waals surface area contributed by atoms with E-state index in [9.17, 15) is 9.59 Å². The zero-order chi connectivity index (χ0) is 12.7. The molecule has 1 aliphatic heterocycles. The van der Waals surface area contributed by atoms with Crippen molar-refractivity contribution < 1.29 is 9.59 Å². The average molecular weight is 295 g/mol. The van der Waals surface area contributed by atoms with E-state index in [4.69, 9.17) is 0 Å². The van der Waals surface area contributed by atoms with Crippen LogP contribution in [0.2, 0.25) is 0 Å². The van der Waals surface area contributed by atoms with Crippen LogP contribution in [0.4, 0.5) is 0 Å². The Morgan fingerprint density at radius 3 is 2.21 bits per heavy atom. The Morgan fingerprint density at radius 1 is 1.16 bits per heavy atom. The Morgan fingerprint density at radius 2 is 1.74 bits per heavy atom. The molecular weight excluding hydrogens is 284 g/mol. The Hall–Kier alpha value is -1.72. The number of carbonyl (C=O) groups excluding carboxylic acids is 2. The van der Waals surface area contributed by atoms with Gasteiger partial charge in [-0.1, -0.05) is 12.1 Å². The minimum atomic E-state index is -0.233. The van der Waals surface area contributed by atoms with Crippen molar-refractivity contribution in [3.8, 4) is 0 Å². The van der Waals surface area contributed by atoms with Crippen molar-refractivity contribution in [1.29, 1.82) is 0 Å². The molecule has 0 saturated carbocycles. The number of aromatic nitrogens is 1. The van der Waals surface area contributed by atoms with Gasteiger partial charge in [0.25, 0.3) is 11.8 Å². The molecule has 6 heteroatoms. The third-order valence-electron chi connectivity index (χ3n) is 2.84. The molecule has 1 aromatic heterocycles. The molecule has 0 bridgehead atoms. The van der Waals surface area contributed by atoms with Gasteiger partial charge in [-0.3, -0.25) is 14.5 Å². The summed E-state index contributed by atoms with van der Waals surface area (Å²) in [7, 11) is 0. The molecule has 2 amide bonds. The summed E-state index contributed by atoms with van der Waals surface area (Å²) in [6.45, 7) is 2.15. The molecule has 0 atom stereocenters. The molecule has 0 unspecified atom stereocenters.